The fourth-order valence-electron chi connectivity index (χ4n) is 2.88. The topological polar surface area (TPSA) is 32.3 Å². The minimum Gasteiger partial charge on any atom is -0.352 e. The Morgan fingerprint density at radius 2 is 2.21 bits per heavy atom. The first-order chi connectivity index (χ1) is 9.15. The first-order valence-corrected chi connectivity index (χ1v) is 7.30. The van der Waals surface area contributed by atoms with Crippen LogP contribution in [0.15, 0.2) is 18.2 Å². The lowest BCUT2D eigenvalue weighted by molar-refractivity contribution is -0.122. The molecule has 2 aliphatic rings. The van der Waals surface area contributed by atoms with Gasteiger partial charge in [0.2, 0.25) is 5.91 Å². The number of carbonyl (C=O) groups excluding carboxylic acids is 1. The predicted molar refractivity (Wildman–Crippen MR) is 76.3 cm³/mol. The maximum Gasteiger partial charge on any atom is 0.234 e. The molecule has 1 fully saturated rings. The van der Waals surface area contributed by atoms with E-state index in [1.165, 1.54) is 11.1 Å². The first-order valence-electron chi connectivity index (χ1n) is 6.92. The van der Waals surface area contributed by atoms with Crippen LogP contribution in [0, 0.1) is 0 Å². The Hall–Kier alpha value is -1.06. The minimum atomic E-state index is 0.139. The van der Waals surface area contributed by atoms with Crippen molar-refractivity contribution in [3.05, 3.63) is 34.3 Å². The van der Waals surface area contributed by atoms with Crippen molar-refractivity contribution in [3.8, 4) is 0 Å². The normalized spacial score (nSPS) is 21.5. The summed E-state index contributed by atoms with van der Waals surface area (Å²) in [7, 11) is 2.02. The van der Waals surface area contributed by atoms with Gasteiger partial charge in [-0.1, -0.05) is 23.7 Å². The number of likely N-dealkylation sites (N-methyl/N-ethyl adjacent to an activating group) is 1. The monoisotopic (exact) mass is 278 g/mol. The third kappa shape index (κ3) is 2.77. The van der Waals surface area contributed by atoms with Gasteiger partial charge in [0.15, 0.2) is 0 Å². The highest BCUT2D eigenvalue weighted by atomic mass is 35.5. The Labute approximate surface area is 118 Å². The van der Waals surface area contributed by atoms with Gasteiger partial charge in [-0.3, -0.25) is 9.69 Å². The van der Waals surface area contributed by atoms with Gasteiger partial charge in [-0.05, 0) is 49.9 Å². The lowest BCUT2D eigenvalue weighted by atomic mass is 10.1. The highest BCUT2D eigenvalue weighted by Gasteiger charge is 2.29. The van der Waals surface area contributed by atoms with Crippen molar-refractivity contribution in [3.63, 3.8) is 0 Å². The molecule has 2 aliphatic carbocycles. The molecule has 0 aromatic heterocycles. The van der Waals surface area contributed by atoms with Crippen LogP contribution in [0.4, 0.5) is 0 Å². The summed E-state index contributed by atoms with van der Waals surface area (Å²) in [5, 5.41) is 3.89. The second-order valence-corrected chi connectivity index (χ2v) is 6.03. The number of amides is 1. The zero-order valence-corrected chi connectivity index (χ0v) is 11.9. The van der Waals surface area contributed by atoms with Crippen LogP contribution in [-0.2, 0) is 11.2 Å². The molecule has 0 bridgehead atoms. The van der Waals surface area contributed by atoms with E-state index in [0.717, 1.165) is 30.7 Å². The van der Waals surface area contributed by atoms with Crippen molar-refractivity contribution >= 4 is 17.5 Å². The van der Waals surface area contributed by atoms with Crippen molar-refractivity contribution in [2.75, 3.05) is 13.6 Å². The van der Waals surface area contributed by atoms with E-state index in [1.807, 2.05) is 19.2 Å². The molecule has 1 aromatic carbocycles. The SMILES string of the molecule is CN(CC(=O)NC1CC1)C1CCc2c(Cl)cccc21. The average Bonchev–Trinajstić information content (AvgIpc) is 3.06. The molecule has 1 atom stereocenters. The van der Waals surface area contributed by atoms with Crippen molar-refractivity contribution in [1.82, 2.24) is 10.2 Å². The van der Waals surface area contributed by atoms with Gasteiger partial charge in [-0.2, -0.15) is 0 Å². The third-order valence-electron chi connectivity index (χ3n) is 4.05. The number of benzene rings is 1. The minimum absolute atomic E-state index is 0.139. The van der Waals surface area contributed by atoms with Crippen LogP contribution in [-0.4, -0.2) is 30.4 Å². The van der Waals surface area contributed by atoms with E-state index in [1.54, 1.807) is 0 Å². The molecule has 4 heteroatoms. The summed E-state index contributed by atoms with van der Waals surface area (Å²) in [4.78, 5) is 14.0. The molecular weight excluding hydrogens is 260 g/mol. The number of carbonyl (C=O) groups is 1. The molecule has 1 saturated carbocycles. The molecule has 0 aliphatic heterocycles. The van der Waals surface area contributed by atoms with Gasteiger partial charge in [0, 0.05) is 17.1 Å². The molecule has 0 saturated heterocycles. The standard InChI is InChI=1S/C15H19ClN2O/c1-18(9-15(19)17-10-5-6-10)14-8-7-11-12(14)3-2-4-13(11)16/h2-4,10,14H,5-9H2,1H3,(H,17,19). The lowest BCUT2D eigenvalue weighted by Crippen LogP contribution is -2.37. The van der Waals surface area contributed by atoms with Crippen LogP contribution in [0.1, 0.15) is 36.4 Å². The average molecular weight is 279 g/mol. The Kier molecular flexibility index (Phi) is 3.50. The summed E-state index contributed by atoms with van der Waals surface area (Å²) in [5.41, 5.74) is 2.54. The van der Waals surface area contributed by atoms with Gasteiger partial charge in [0.1, 0.15) is 0 Å². The van der Waals surface area contributed by atoms with E-state index in [0.29, 0.717) is 18.6 Å². The van der Waals surface area contributed by atoms with E-state index in [4.69, 9.17) is 11.6 Å². The van der Waals surface area contributed by atoms with E-state index in [-0.39, 0.29) is 5.91 Å². The molecule has 19 heavy (non-hydrogen) atoms. The van der Waals surface area contributed by atoms with Gasteiger partial charge >= 0.3 is 0 Å². The Bertz CT molecular complexity index is 499. The van der Waals surface area contributed by atoms with E-state index in [9.17, 15) is 4.79 Å². The van der Waals surface area contributed by atoms with Crippen molar-refractivity contribution in [2.24, 2.45) is 0 Å². The van der Waals surface area contributed by atoms with E-state index in [2.05, 4.69) is 16.3 Å². The lowest BCUT2D eigenvalue weighted by Gasteiger charge is -2.24. The summed E-state index contributed by atoms with van der Waals surface area (Å²) in [5.74, 6) is 0.139. The number of nitrogens with one attached hydrogen (secondary N) is 1. The summed E-state index contributed by atoms with van der Waals surface area (Å²) in [6.45, 7) is 0.465. The van der Waals surface area contributed by atoms with Crippen LogP contribution in [0.3, 0.4) is 0 Å². The van der Waals surface area contributed by atoms with Crippen LogP contribution < -0.4 is 5.32 Å². The molecule has 102 valence electrons. The van der Waals surface area contributed by atoms with Gasteiger partial charge in [0.05, 0.1) is 6.54 Å². The number of fused-ring (bicyclic) bond motifs is 1. The summed E-state index contributed by atoms with van der Waals surface area (Å²) in [6.07, 6.45) is 4.33. The Morgan fingerprint density at radius 3 is 2.95 bits per heavy atom. The Morgan fingerprint density at radius 1 is 1.42 bits per heavy atom. The van der Waals surface area contributed by atoms with Gasteiger partial charge in [-0.25, -0.2) is 0 Å². The quantitative estimate of drug-likeness (QED) is 0.918. The number of hydrogen-bond donors (Lipinski definition) is 1. The summed E-state index contributed by atoms with van der Waals surface area (Å²) < 4.78 is 0. The molecule has 1 aromatic rings. The molecule has 0 spiro atoms. The summed E-state index contributed by atoms with van der Waals surface area (Å²) in [6, 6.07) is 6.83. The van der Waals surface area contributed by atoms with Crippen LogP contribution in [0.25, 0.3) is 0 Å². The smallest absolute Gasteiger partial charge is 0.234 e. The van der Waals surface area contributed by atoms with Crippen LogP contribution in [0.5, 0.6) is 0 Å². The maximum atomic E-state index is 11.9. The highest BCUT2D eigenvalue weighted by Crippen LogP contribution is 2.38. The second-order valence-electron chi connectivity index (χ2n) is 5.62. The second kappa shape index (κ2) is 5.14. The van der Waals surface area contributed by atoms with Crippen molar-refractivity contribution in [2.45, 2.75) is 37.8 Å². The van der Waals surface area contributed by atoms with Crippen LogP contribution >= 0.6 is 11.6 Å². The number of rotatable bonds is 4. The first kappa shape index (κ1) is 12.9. The number of nitrogens with zero attached hydrogens (tertiary/aromatic N) is 1. The van der Waals surface area contributed by atoms with Gasteiger partial charge in [-0.15, -0.1) is 0 Å². The van der Waals surface area contributed by atoms with Crippen LogP contribution in [0.2, 0.25) is 5.02 Å². The largest absolute Gasteiger partial charge is 0.352 e. The fourth-order valence-corrected chi connectivity index (χ4v) is 3.16. The predicted octanol–water partition coefficient (Wildman–Crippen LogP) is 2.54. The molecule has 1 amide bonds. The zero-order chi connectivity index (χ0) is 13.4. The van der Waals surface area contributed by atoms with E-state index >= 15 is 0 Å². The summed E-state index contributed by atoms with van der Waals surface area (Å²) >= 11 is 6.22. The molecule has 0 radical (unpaired) electrons. The van der Waals surface area contributed by atoms with Crippen molar-refractivity contribution in [1.29, 1.82) is 0 Å². The molecule has 0 heterocycles. The molecule has 3 rings (SSSR count). The van der Waals surface area contributed by atoms with Crippen molar-refractivity contribution < 1.29 is 4.79 Å². The van der Waals surface area contributed by atoms with Gasteiger partial charge in [0.25, 0.3) is 0 Å². The molecular formula is C15H19ClN2O. The number of hydrogen-bond acceptors (Lipinski definition) is 2. The molecule has 1 unspecified atom stereocenters. The third-order valence-corrected chi connectivity index (χ3v) is 4.40. The molecule has 3 nitrogen and oxygen atoms in total. The van der Waals surface area contributed by atoms with E-state index < -0.39 is 0 Å². The number of halogens is 1. The zero-order valence-electron chi connectivity index (χ0n) is 11.2. The maximum absolute atomic E-state index is 11.9. The molecule has 1 N–H and O–H groups in total. The highest BCUT2D eigenvalue weighted by molar-refractivity contribution is 6.31. The fraction of sp³-hybridized carbons (Fsp3) is 0.533. The van der Waals surface area contributed by atoms with Gasteiger partial charge < -0.3 is 5.32 Å². The Balaban J connectivity index is 1.67.